The fourth-order valence-electron chi connectivity index (χ4n) is 4.21. The highest BCUT2D eigenvalue weighted by Gasteiger charge is 2.31. The van der Waals surface area contributed by atoms with Crippen LogP contribution in [0.3, 0.4) is 0 Å². The Bertz CT molecular complexity index is 1540. The molecule has 3 N–H and O–H groups in total. The van der Waals surface area contributed by atoms with Gasteiger partial charge in [-0.2, -0.15) is 10.1 Å². The molecule has 12 heteroatoms. The minimum atomic E-state index is -0.654. The minimum Gasteiger partial charge on any atom is -0.357 e. The van der Waals surface area contributed by atoms with Gasteiger partial charge in [-0.05, 0) is 36.2 Å². The lowest BCUT2D eigenvalue weighted by Gasteiger charge is -2.34. The summed E-state index contributed by atoms with van der Waals surface area (Å²) in [7, 11) is 3.30. The van der Waals surface area contributed by atoms with Crippen molar-refractivity contribution in [2.45, 2.75) is 26.3 Å². The van der Waals surface area contributed by atoms with Gasteiger partial charge in [0.2, 0.25) is 5.95 Å². The molecule has 1 aliphatic heterocycles. The Labute approximate surface area is 224 Å². The summed E-state index contributed by atoms with van der Waals surface area (Å²) < 4.78 is 16.4. The van der Waals surface area contributed by atoms with E-state index in [4.69, 9.17) is 0 Å². The van der Waals surface area contributed by atoms with Crippen LogP contribution in [0.1, 0.15) is 31.0 Å². The molecule has 0 aliphatic carbocycles. The Morgan fingerprint density at radius 2 is 1.82 bits per heavy atom. The van der Waals surface area contributed by atoms with Crippen molar-refractivity contribution in [1.82, 2.24) is 19.7 Å². The molecule has 2 aromatic heterocycles. The Morgan fingerprint density at radius 1 is 1.05 bits per heavy atom. The van der Waals surface area contributed by atoms with Crippen LogP contribution < -0.4 is 25.8 Å². The fourth-order valence-corrected chi connectivity index (χ4v) is 4.21. The molecule has 200 valence electrons. The van der Waals surface area contributed by atoms with Crippen LogP contribution in [0.2, 0.25) is 0 Å². The van der Waals surface area contributed by atoms with E-state index in [1.165, 1.54) is 28.0 Å². The topological polar surface area (TPSA) is 120 Å². The molecule has 4 amide bonds. The minimum absolute atomic E-state index is 0.0807. The smallest absolute Gasteiger partial charge is 0.330 e. The van der Waals surface area contributed by atoms with Gasteiger partial charge in [0.15, 0.2) is 0 Å². The number of carbonyl (C=O) groups is 2. The molecule has 0 spiro atoms. The molecule has 11 nitrogen and oxygen atoms in total. The normalized spacial score (nSPS) is 12.9. The summed E-state index contributed by atoms with van der Waals surface area (Å²) >= 11 is 0. The second kappa shape index (κ2) is 10.4. The van der Waals surface area contributed by atoms with Gasteiger partial charge in [-0.3, -0.25) is 15.1 Å². The molecule has 0 bridgehead atoms. The number of urea groups is 2. The Hall–Kier alpha value is -5.00. The third kappa shape index (κ3) is 5.08. The van der Waals surface area contributed by atoms with Gasteiger partial charge in [-0.25, -0.2) is 23.6 Å². The van der Waals surface area contributed by atoms with E-state index >= 15 is 0 Å². The van der Waals surface area contributed by atoms with Gasteiger partial charge in [-0.15, -0.1) is 0 Å². The van der Waals surface area contributed by atoms with Crippen LogP contribution >= 0.6 is 0 Å². The average molecular weight is 530 g/mol. The third-order valence-corrected chi connectivity index (χ3v) is 6.30. The lowest BCUT2D eigenvalue weighted by Crippen LogP contribution is -2.46. The maximum absolute atomic E-state index is 14.8. The first kappa shape index (κ1) is 25.6. The maximum atomic E-state index is 14.8. The Kier molecular flexibility index (Phi) is 6.84. The molecule has 2 aromatic carbocycles. The molecule has 0 radical (unpaired) electrons. The van der Waals surface area contributed by atoms with Crippen LogP contribution in [0, 0.1) is 5.82 Å². The van der Waals surface area contributed by atoms with Gasteiger partial charge in [0.05, 0.1) is 23.6 Å². The van der Waals surface area contributed by atoms with E-state index in [0.29, 0.717) is 23.3 Å². The number of para-hydroxylation sites is 1. The number of anilines is 5. The quantitative estimate of drug-likeness (QED) is 0.316. The van der Waals surface area contributed by atoms with Gasteiger partial charge in [0, 0.05) is 37.6 Å². The van der Waals surface area contributed by atoms with Crippen LogP contribution in [-0.2, 0) is 6.54 Å². The van der Waals surface area contributed by atoms with E-state index < -0.39 is 11.8 Å². The van der Waals surface area contributed by atoms with Crippen molar-refractivity contribution in [1.29, 1.82) is 0 Å². The van der Waals surface area contributed by atoms with E-state index in [2.05, 4.69) is 31.0 Å². The second-order valence-electron chi connectivity index (χ2n) is 9.32. The Balaban J connectivity index is 1.38. The number of hydrogen-bond donors (Lipinski definition) is 3. The lowest BCUT2D eigenvalue weighted by atomic mass is 10.1. The summed E-state index contributed by atoms with van der Waals surface area (Å²) in [4.78, 5) is 37.6. The molecule has 39 heavy (non-hydrogen) atoms. The van der Waals surface area contributed by atoms with Crippen molar-refractivity contribution in [3.05, 3.63) is 77.9 Å². The van der Waals surface area contributed by atoms with Gasteiger partial charge < -0.3 is 10.6 Å². The van der Waals surface area contributed by atoms with E-state index in [1.807, 2.05) is 44.2 Å². The number of hydrogen-bond acceptors (Lipinski definition) is 6. The van der Waals surface area contributed by atoms with E-state index in [1.54, 1.807) is 31.0 Å². The standard InChI is InChI=1S/C27H28FN9O2/c1-16(2)21-13-23(37(34-21)18-8-6-5-7-9-18)32-26(38)31-22-12-19(10-11-20(22)28)36-15-17-14-30-25(29-3)33-24(17)35(4)27(36)39/h5-14,16H,15H2,1-4H3,(H,29,30,33)(H2,31,32,38). The molecular weight excluding hydrogens is 501 g/mol. The summed E-state index contributed by atoms with van der Waals surface area (Å²) in [6.07, 6.45) is 1.64. The number of nitrogens with zero attached hydrogens (tertiary/aromatic N) is 6. The molecule has 5 rings (SSSR count). The van der Waals surface area contributed by atoms with Crippen molar-refractivity contribution in [3.63, 3.8) is 0 Å². The van der Waals surface area contributed by atoms with E-state index in [-0.39, 0.29) is 24.2 Å². The van der Waals surface area contributed by atoms with Crippen molar-refractivity contribution in [2.24, 2.45) is 0 Å². The van der Waals surface area contributed by atoms with Crippen molar-refractivity contribution in [2.75, 3.05) is 39.8 Å². The average Bonchev–Trinajstić information content (AvgIpc) is 3.36. The number of benzene rings is 2. The molecular formula is C27H28FN9O2. The number of rotatable bonds is 6. The fraction of sp³-hybridized carbons (Fsp3) is 0.222. The van der Waals surface area contributed by atoms with Crippen LogP contribution in [0.5, 0.6) is 0 Å². The zero-order chi connectivity index (χ0) is 27.7. The van der Waals surface area contributed by atoms with Crippen LogP contribution in [0.25, 0.3) is 5.69 Å². The highest BCUT2D eigenvalue weighted by atomic mass is 19.1. The van der Waals surface area contributed by atoms with Crippen LogP contribution in [0.4, 0.5) is 42.9 Å². The number of nitrogens with one attached hydrogen (secondary N) is 3. The summed E-state index contributed by atoms with van der Waals surface area (Å²) in [5.74, 6) is 0.813. The summed E-state index contributed by atoms with van der Waals surface area (Å²) in [6, 6.07) is 14.3. The first-order valence-corrected chi connectivity index (χ1v) is 12.4. The maximum Gasteiger partial charge on any atom is 0.330 e. The first-order chi connectivity index (χ1) is 18.7. The first-order valence-electron chi connectivity index (χ1n) is 12.4. The second-order valence-corrected chi connectivity index (χ2v) is 9.32. The zero-order valence-corrected chi connectivity index (χ0v) is 21.9. The van der Waals surface area contributed by atoms with Crippen molar-refractivity contribution < 1.29 is 14.0 Å². The molecule has 0 atom stereocenters. The Morgan fingerprint density at radius 3 is 2.54 bits per heavy atom. The monoisotopic (exact) mass is 529 g/mol. The van der Waals surface area contributed by atoms with Gasteiger partial charge >= 0.3 is 12.1 Å². The van der Waals surface area contributed by atoms with Gasteiger partial charge in [0.25, 0.3) is 0 Å². The predicted octanol–water partition coefficient (Wildman–Crippen LogP) is 5.19. The number of fused-ring (bicyclic) bond motifs is 1. The SMILES string of the molecule is CNc1ncc2c(n1)N(C)C(=O)N(c1ccc(F)c(NC(=O)Nc3cc(C(C)C)nn3-c3ccccc3)c1)C2. The highest BCUT2D eigenvalue weighted by Crippen LogP contribution is 2.32. The summed E-state index contributed by atoms with van der Waals surface area (Å²) in [5.41, 5.74) is 2.61. The molecule has 3 heterocycles. The van der Waals surface area contributed by atoms with Gasteiger partial charge in [-0.1, -0.05) is 32.0 Å². The molecule has 1 aliphatic rings. The van der Waals surface area contributed by atoms with Crippen LogP contribution in [0.15, 0.2) is 60.8 Å². The highest BCUT2D eigenvalue weighted by molar-refractivity contribution is 6.06. The number of aromatic nitrogens is 4. The zero-order valence-electron chi connectivity index (χ0n) is 21.9. The largest absolute Gasteiger partial charge is 0.357 e. The lowest BCUT2D eigenvalue weighted by molar-refractivity contribution is 0.251. The van der Waals surface area contributed by atoms with E-state index in [0.717, 1.165) is 16.9 Å². The number of amides is 4. The van der Waals surface area contributed by atoms with Crippen molar-refractivity contribution in [3.8, 4) is 5.69 Å². The third-order valence-electron chi connectivity index (χ3n) is 6.30. The van der Waals surface area contributed by atoms with Crippen molar-refractivity contribution >= 4 is 41.0 Å². The molecule has 0 fully saturated rings. The number of halogens is 1. The number of carbonyl (C=O) groups excluding carboxylic acids is 2. The van der Waals surface area contributed by atoms with Crippen LogP contribution in [-0.4, -0.2) is 45.9 Å². The predicted molar refractivity (Wildman–Crippen MR) is 148 cm³/mol. The summed E-state index contributed by atoms with van der Waals surface area (Å²) in [6.45, 7) is 4.20. The van der Waals surface area contributed by atoms with E-state index in [9.17, 15) is 14.0 Å². The molecule has 0 saturated carbocycles. The summed E-state index contributed by atoms with van der Waals surface area (Å²) in [5, 5.41) is 12.8. The molecule has 4 aromatic rings. The molecule has 0 saturated heterocycles. The van der Waals surface area contributed by atoms with Gasteiger partial charge in [0.1, 0.15) is 17.5 Å². The molecule has 0 unspecified atom stereocenters.